The molecule has 0 bridgehead atoms. The Labute approximate surface area is 178 Å². The van der Waals surface area contributed by atoms with Crippen LogP contribution >= 0.6 is 0 Å². The van der Waals surface area contributed by atoms with Crippen LogP contribution < -0.4 is 4.90 Å². The third kappa shape index (κ3) is 4.60. The van der Waals surface area contributed by atoms with E-state index in [0.29, 0.717) is 5.89 Å². The van der Waals surface area contributed by atoms with Crippen LogP contribution in [0.4, 0.5) is 5.82 Å². The molecule has 30 heavy (non-hydrogen) atoms. The summed E-state index contributed by atoms with van der Waals surface area (Å²) in [5, 5.41) is 4.12. The lowest BCUT2D eigenvalue weighted by molar-refractivity contribution is 0.285. The first-order chi connectivity index (χ1) is 14.6. The van der Waals surface area contributed by atoms with Crippen LogP contribution in [0, 0.1) is 0 Å². The van der Waals surface area contributed by atoms with Crippen LogP contribution in [0.5, 0.6) is 0 Å². The lowest BCUT2D eigenvalue weighted by Gasteiger charge is -2.24. The number of rotatable bonds is 6. The van der Waals surface area contributed by atoms with Crippen LogP contribution in [0.2, 0.25) is 0 Å². The van der Waals surface area contributed by atoms with Gasteiger partial charge in [-0.3, -0.25) is 4.90 Å². The van der Waals surface area contributed by atoms with Gasteiger partial charge in [-0.15, -0.1) is 0 Å². The van der Waals surface area contributed by atoms with Crippen LogP contribution in [0.25, 0.3) is 17.5 Å². The Morgan fingerprint density at radius 1 is 1.10 bits per heavy atom. The molecule has 6 nitrogen and oxygen atoms in total. The molecule has 1 aliphatic rings. The second-order valence-electron chi connectivity index (χ2n) is 8.05. The highest BCUT2D eigenvalue weighted by atomic mass is 16.5. The minimum Gasteiger partial charge on any atom is -0.355 e. The summed E-state index contributed by atoms with van der Waals surface area (Å²) in [6.45, 7) is 12.8. The molecule has 2 aromatic heterocycles. The standard InChI is InChI=1S/C24H29N5O/c1-4-19-8-10-20(11-9-19)17-28-13-6-14-29(16-15-28)23-21(7-5-12-25-23)24-26-22(18(2)3)27-30-24/h4-5,7-12,18H,1,6,13-17H2,2-3H3. The summed E-state index contributed by atoms with van der Waals surface area (Å²) < 4.78 is 5.55. The van der Waals surface area contributed by atoms with Crippen molar-refractivity contribution in [3.05, 3.63) is 66.1 Å². The van der Waals surface area contributed by atoms with Gasteiger partial charge in [0, 0.05) is 44.8 Å². The fourth-order valence-corrected chi connectivity index (χ4v) is 3.75. The minimum absolute atomic E-state index is 0.231. The Morgan fingerprint density at radius 3 is 2.67 bits per heavy atom. The van der Waals surface area contributed by atoms with Crippen LogP contribution in [-0.2, 0) is 6.54 Å². The van der Waals surface area contributed by atoms with E-state index in [1.165, 1.54) is 5.56 Å². The molecule has 0 saturated carbocycles. The predicted octanol–water partition coefficient (Wildman–Crippen LogP) is 4.61. The average molecular weight is 404 g/mol. The topological polar surface area (TPSA) is 58.3 Å². The quantitative estimate of drug-likeness (QED) is 0.599. The fraction of sp³-hybridized carbons (Fsp3) is 0.375. The first-order valence-corrected chi connectivity index (χ1v) is 10.6. The Kier molecular flexibility index (Phi) is 6.23. The average Bonchev–Trinajstić information content (AvgIpc) is 3.16. The van der Waals surface area contributed by atoms with Gasteiger partial charge in [0.25, 0.3) is 5.89 Å². The molecule has 0 unspecified atom stereocenters. The van der Waals surface area contributed by atoms with Gasteiger partial charge in [0.2, 0.25) is 0 Å². The summed E-state index contributed by atoms with van der Waals surface area (Å²) in [5.74, 6) is 2.43. The number of hydrogen-bond acceptors (Lipinski definition) is 6. The molecule has 0 N–H and O–H groups in total. The van der Waals surface area contributed by atoms with Gasteiger partial charge in [-0.1, -0.05) is 55.9 Å². The second-order valence-corrected chi connectivity index (χ2v) is 8.05. The van der Waals surface area contributed by atoms with E-state index < -0.39 is 0 Å². The van der Waals surface area contributed by atoms with E-state index in [1.807, 2.05) is 24.4 Å². The molecule has 0 aliphatic carbocycles. The molecule has 4 rings (SSSR count). The van der Waals surface area contributed by atoms with E-state index in [1.54, 1.807) is 0 Å². The van der Waals surface area contributed by atoms with Gasteiger partial charge < -0.3 is 9.42 Å². The van der Waals surface area contributed by atoms with Crippen molar-refractivity contribution in [1.82, 2.24) is 20.0 Å². The van der Waals surface area contributed by atoms with Gasteiger partial charge >= 0.3 is 0 Å². The largest absolute Gasteiger partial charge is 0.355 e. The highest BCUT2D eigenvalue weighted by molar-refractivity contribution is 5.69. The maximum absolute atomic E-state index is 5.55. The third-order valence-corrected chi connectivity index (χ3v) is 5.48. The molecular weight excluding hydrogens is 374 g/mol. The fourth-order valence-electron chi connectivity index (χ4n) is 3.75. The molecule has 1 aromatic carbocycles. The van der Waals surface area contributed by atoms with Crippen LogP contribution in [0.3, 0.4) is 0 Å². The monoisotopic (exact) mass is 403 g/mol. The molecule has 1 saturated heterocycles. The van der Waals surface area contributed by atoms with Gasteiger partial charge in [-0.05, 0) is 29.7 Å². The Balaban J connectivity index is 1.47. The molecule has 0 amide bonds. The normalized spacial score (nSPS) is 15.4. The van der Waals surface area contributed by atoms with Crippen LogP contribution in [-0.4, -0.2) is 46.2 Å². The lowest BCUT2D eigenvalue weighted by Crippen LogP contribution is -2.31. The van der Waals surface area contributed by atoms with Gasteiger partial charge in [0.1, 0.15) is 5.82 Å². The maximum atomic E-state index is 5.55. The molecule has 3 heterocycles. The second kappa shape index (κ2) is 9.22. The Hall–Kier alpha value is -2.99. The minimum atomic E-state index is 0.231. The molecular formula is C24H29N5O. The summed E-state index contributed by atoms with van der Waals surface area (Å²) in [6.07, 6.45) is 4.80. The van der Waals surface area contributed by atoms with Crippen molar-refractivity contribution >= 4 is 11.9 Å². The Morgan fingerprint density at radius 2 is 1.93 bits per heavy atom. The summed E-state index contributed by atoms with van der Waals surface area (Å²) in [7, 11) is 0. The maximum Gasteiger partial charge on any atom is 0.261 e. The van der Waals surface area contributed by atoms with Crippen molar-refractivity contribution in [1.29, 1.82) is 0 Å². The van der Waals surface area contributed by atoms with Crippen LogP contribution in [0.15, 0.2) is 53.7 Å². The van der Waals surface area contributed by atoms with Gasteiger partial charge in [-0.25, -0.2) is 4.98 Å². The summed E-state index contributed by atoms with van der Waals surface area (Å²) in [6, 6.07) is 12.6. The number of benzene rings is 1. The van der Waals surface area contributed by atoms with Crippen molar-refractivity contribution in [2.75, 3.05) is 31.1 Å². The Bertz CT molecular complexity index is 979. The van der Waals surface area contributed by atoms with Gasteiger partial charge in [-0.2, -0.15) is 4.98 Å². The highest BCUT2D eigenvalue weighted by Crippen LogP contribution is 2.29. The molecule has 6 heteroatoms. The number of anilines is 1. The zero-order valence-corrected chi connectivity index (χ0v) is 17.8. The molecule has 0 radical (unpaired) electrons. The van der Waals surface area contributed by atoms with E-state index in [9.17, 15) is 0 Å². The first kappa shape index (κ1) is 20.3. The van der Waals surface area contributed by atoms with E-state index in [2.05, 4.69) is 69.6 Å². The third-order valence-electron chi connectivity index (χ3n) is 5.48. The van der Waals surface area contributed by atoms with E-state index in [0.717, 1.165) is 61.9 Å². The van der Waals surface area contributed by atoms with Crippen molar-refractivity contribution in [2.45, 2.75) is 32.7 Å². The predicted molar refractivity (Wildman–Crippen MR) is 120 cm³/mol. The number of pyridine rings is 1. The van der Waals surface area contributed by atoms with E-state index in [-0.39, 0.29) is 5.92 Å². The molecule has 1 aliphatic heterocycles. The van der Waals surface area contributed by atoms with E-state index >= 15 is 0 Å². The number of nitrogens with zero attached hydrogens (tertiary/aromatic N) is 5. The smallest absolute Gasteiger partial charge is 0.261 e. The van der Waals surface area contributed by atoms with E-state index in [4.69, 9.17) is 4.52 Å². The molecule has 3 aromatic rings. The zero-order chi connectivity index (χ0) is 20.9. The zero-order valence-electron chi connectivity index (χ0n) is 17.8. The summed E-state index contributed by atoms with van der Waals surface area (Å²) in [5.41, 5.74) is 3.40. The molecule has 0 atom stereocenters. The van der Waals surface area contributed by atoms with Crippen molar-refractivity contribution in [3.63, 3.8) is 0 Å². The number of hydrogen-bond donors (Lipinski definition) is 0. The highest BCUT2D eigenvalue weighted by Gasteiger charge is 2.22. The van der Waals surface area contributed by atoms with Crippen molar-refractivity contribution in [3.8, 4) is 11.5 Å². The van der Waals surface area contributed by atoms with Gasteiger partial charge in [0.15, 0.2) is 5.82 Å². The summed E-state index contributed by atoms with van der Waals surface area (Å²) >= 11 is 0. The van der Waals surface area contributed by atoms with Gasteiger partial charge in [0.05, 0.1) is 5.56 Å². The molecule has 0 spiro atoms. The van der Waals surface area contributed by atoms with Crippen molar-refractivity contribution in [2.24, 2.45) is 0 Å². The summed E-state index contributed by atoms with van der Waals surface area (Å²) in [4.78, 5) is 14.1. The molecule has 1 fully saturated rings. The lowest BCUT2D eigenvalue weighted by atomic mass is 10.1. The van der Waals surface area contributed by atoms with Crippen molar-refractivity contribution < 1.29 is 4.52 Å². The SMILES string of the molecule is C=Cc1ccc(CN2CCCN(c3ncccc3-c3nc(C(C)C)no3)CC2)cc1. The number of aromatic nitrogens is 3. The molecule has 156 valence electrons. The first-order valence-electron chi connectivity index (χ1n) is 10.6. The van der Waals surface area contributed by atoms with Crippen LogP contribution in [0.1, 0.15) is 43.1 Å².